The molecular weight excluding hydrogens is 318 g/mol. The van der Waals surface area contributed by atoms with Gasteiger partial charge in [-0.15, -0.1) is 0 Å². The summed E-state index contributed by atoms with van der Waals surface area (Å²) in [5.74, 6) is 0.000594. The quantitative estimate of drug-likeness (QED) is 0.810. The van der Waals surface area contributed by atoms with Gasteiger partial charge in [0.1, 0.15) is 5.75 Å². The second-order valence-corrected chi connectivity index (χ2v) is 5.84. The van der Waals surface area contributed by atoms with E-state index in [9.17, 15) is 9.59 Å². The number of pyridine rings is 1. The molecule has 25 heavy (non-hydrogen) atoms. The lowest BCUT2D eigenvalue weighted by molar-refractivity contribution is 0.0953. The Labute approximate surface area is 147 Å². The number of nitrogens with one attached hydrogen (secondary N) is 2. The molecule has 6 heteroatoms. The van der Waals surface area contributed by atoms with Crippen LogP contribution in [0.1, 0.15) is 47.9 Å². The summed E-state index contributed by atoms with van der Waals surface area (Å²) in [6.45, 7) is 6.38. The van der Waals surface area contributed by atoms with Crippen LogP contribution in [0.5, 0.6) is 5.75 Å². The van der Waals surface area contributed by atoms with Gasteiger partial charge in [0.2, 0.25) is 0 Å². The zero-order chi connectivity index (χ0) is 18.2. The highest BCUT2D eigenvalue weighted by Crippen LogP contribution is 2.25. The van der Waals surface area contributed by atoms with Crippen LogP contribution in [0.2, 0.25) is 0 Å². The summed E-state index contributed by atoms with van der Waals surface area (Å²) in [4.78, 5) is 28.5. The molecule has 0 fully saturated rings. The van der Waals surface area contributed by atoms with Crippen molar-refractivity contribution in [1.29, 1.82) is 0 Å². The largest absolute Gasteiger partial charge is 0.489 e. The molecule has 1 heterocycles. The van der Waals surface area contributed by atoms with E-state index in [4.69, 9.17) is 4.74 Å². The number of carbonyl (C=O) groups is 2. The van der Waals surface area contributed by atoms with Gasteiger partial charge in [0, 0.05) is 18.9 Å². The van der Waals surface area contributed by atoms with Gasteiger partial charge in [-0.1, -0.05) is 19.1 Å². The number of carbonyl (C=O) groups excluding carboxylic acids is 2. The van der Waals surface area contributed by atoms with E-state index in [1.54, 1.807) is 12.1 Å². The Balaban J connectivity index is 2.15. The third-order valence-corrected chi connectivity index (χ3v) is 3.30. The summed E-state index contributed by atoms with van der Waals surface area (Å²) in [5, 5.41) is 5.57. The minimum atomic E-state index is -0.350. The zero-order valence-electron chi connectivity index (χ0n) is 14.7. The van der Waals surface area contributed by atoms with Crippen molar-refractivity contribution >= 4 is 17.5 Å². The van der Waals surface area contributed by atoms with Crippen LogP contribution in [0.3, 0.4) is 0 Å². The van der Waals surface area contributed by atoms with E-state index >= 15 is 0 Å². The van der Waals surface area contributed by atoms with Gasteiger partial charge in [-0.2, -0.15) is 0 Å². The van der Waals surface area contributed by atoms with Crippen LogP contribution >= 0.6 is 0 Å². The average Bonchev–Trinajstić information content (AvgIpc) is 2.61. The van der Waals surface area contributed by atoms with Crippen LogP contribution in [-0.4, -0.2) is 29.4 Å². The van der Waals surface area contributed by atoms with Crippen LogP contribution in [0.4, 0.5) is 5.69 Å². The molecule has 0 aliphatic rings. The highest BCUT2D eigenvalue weighted by atomic mass is 16.5. The molecule has 0 aliphatic carbocycles. The second-order valence-electron chi connectivity index (χ2n) is 5.84. The molecule has 0 aliphatic heterocycles. The number of hydrogen-bond donors (Lipinski definition) is 2. The molecule has 0 bridgehead atoms. The molecular formula is C19H23N3O3. The van der Waals surface area contributed by atoms with Gasteiger partial charge in [0.05, 0.1) is 22.9 Å². The van der Waals surface area contributed by atoms with Crippen molar-refractivity contribution in [2.45, 2.75) is 33.3 Å². The first-order valence-corrected chi connectivity index (χ1v) is 8.31. The maximum absolute atomic E-state index is 12.5. The molecule has 2 rings (SSSR count). The van der Waals surface area contributed by atoms with Crippen molar-refractivity contribution in [3.8, 4) is 5.75 Å². The summed E-state index contributed by atoms with van der Waals surface area (Å²) in [6.07, 6.45) is 3.70. The number of benzene rings is 1. The van der Waals surface area contributed by atoms with Crippen molar-refractivity contribution in [3.05, 3.63) is 53.9 Å². The SMILES string of the molecule is CCCNC(=O)c1cncc(C(=O)Nc2ccccc2OC(C)C)c1. The Kier molecular flexibility index (Phi) is 6.51. The summed E-state index contributed by atoms with van der Waals surface area (Å²) in [5.41, 5.74) is 1.23. The standard InChI is InChI=1S/C19H23N3O3/c1-4-9-21-18(23)14-10-15(12-20-11-14)19(24)22-16-7-5-6-8-17(16)25-13(2)3/h5-8,10-13H,4,9H2,1-3H3,(H,21,23)(H,22,24). The molecule has 1 aromatic heterocycles. The predicted molar refractivity (Wildman–Crippen MR) is 97.0 cm³/mol. The molecule has 2 aromatic rings. The first kappa shape index (κ1) is 18.4. The van der Waals surface area contributed by atoms with Gasteiger partial charge in [0.25, 0.3) is 11.8 Å². The van der Waals surface area contributed by atoms with E-state index in [0.29, 0.717) is 29.1 Å². The number of amides is 2. The normalized spacial score (nSPS) is 10.4. The van der Waals surface area contributed by atoms with E-state index in [-0.39, 0.29) is 17.9 Å². The molecule has 0 unspecified atom stereocenters. The van der Waals surface area contributed by atoms with E-state index in [1.165, 1.54) is 18.5 Å². The highest BCUT2D eigenvalue weighted by molar-refractivity contribution is 6.06. The van der Waals surface area contributed by atoms with Gasteiger partial charge in [-0.25, -0.2) is 0 Å². The first-order chi connectivity index (χ1) is 12.0. The molecule has 1 aromatic carbocycles. The van der Waals surface area contributed by atoms with E-state index < -0.39 is 0 Å². The average molecular weight is 341 g/mol. The lowest BCUT2D eigenvalue weighted by Gasteiger charge is -2.14. The first-order valence-electron chi connectivity index (χ1n) is 8.31. The van der Waals surface area contributed by atoms with Gasteiger partial charge >= 0.3 is 0 Å². The van der Waals surface area contributed by atoms with E-state index in [1.807, 2.05) is 32.9 Å². The predicted octanol–water partition coefficient (Wildman–Crippen LogP) is 3.26. The van der Waals surface area contributed by atoms with Crippen LogP contribution in [-0.2, 0) is 0 Å². The third-order valence-electron chi connectivity index (χ3n) is 3.30. The summed E-state index contributed by atoms with van der Waals surface area (Å²) >= 11 is 0. The minimum absolute atomic E-state index is 0.00897. The topological polar surface area (TPSA) is 80.3 Å². The van der Waals surface area contributed by atoms with Crippen molar-refractivity contribution in [2.75, 3.05) is 11.9 Å². The molecule has 2 N–H and O–H groups in total. The summed E-state index contributed by atoms with van der Waals surface area (Å²) < 4.78 is 5.69. The van der Waals surface area contributed by atoms with Gasteiger partial charge in [0.15, 0.2) is 0 Å². The van der Waals surface area contributed by atoms with E-state index in [0.717, 1.165) is 6.42 Å². The van der Waals surface area contributed by atoms with Crippen LogP contribution in [0.25, 0.3) is 0 Å². The molecule has 6 nitrogen and oxygen atoms in total. The summed E-state index contributed by atoms with van der Waals surface area (Å²) in [6, 6.07) is 8.74. The monoisotopic (exact) mass is 341 g/mol. The number of nitrogens with zero attached hydrogens (tertiary/aromatic N) is 1. The van der Waals surface area contributed by atoms with Crippen molar-refractivity contribution in [3.63, 3.8) is 0 Å². The molecule has 0 saturated heterocycles. The van der Waals surface area contributed by atoms with Crippen molar-refractivity contribution in [1.82, 2.24) is 10.3 Å². The molecule has 2 amide bonds. The Morgan fingerprint density at radius 1 is 1.12 bits per heavy atom. The maximum Gasteiger partial charge on any atom is 0.257 e. The Hall–Kier alpha value is -2.89. The zero-order valence-corrected chi connectivity index (χ0v) is 14.7. The van der Waals surface area contributed by atoms with Crippen molar-refractivity contribution < 1.29 is 14.3 Å². The Morgan fingerprint density at radius 2 is 1.80 bits per heavy atom. The van der Waals surface area contributed by atoms with Crippen LogP contribution < -0.4 is 15.4 Å². The van der Waals surface area contributed by atoms with E-state index in [2.05, 4.69) is 15.6 Å². The lowest BCUT2D eigenvalue weighted by atomic mass is 10.1. The van der Waals surface area contributed by atoms with Gasteiger partial charge in [-0.3, -0.25) is 14.6 Å². The molecule has 0 atom stereocenters. The smallest absolute Gasteiger partial charge is 0.257 e. The molecule has 0 radical (unpaired) electrons. The maximum atomic E-state index is 12.5. The molecule has 132 valence electrons. The fourth-order valence-electron chi connectivity index (χ4n) is 2.15. The number of para-hydroxylation sites is 2. The third kappa shape index (κ3) is 5.31. The fourth-order valence-corrected chi connectivity index (χ4v) is 2.15. The van der Waals surface area contributed by atoms with Gasteiger partial charge in [-0.05, 0) is 38.5 Å². The van der Waals surface area contributed by atoms with Gasteiger partial charge < -0.3 is 15.4 Å². The Morgan fingerprint density at radius 3 is 2.48 bits per heavy atom. The highest BCUT2D eigenvalue weighted by Gasteiger charge is 2.13. The number of ether oxygens (including phenoxy) is 1. The molecule has 0 spiro atoms. The van der Waals surface area contributed by atoms with Crippen LogP contribution in [0, 0.1) is 0 Å². The number of aromatic nitrogens is 1. The number of anilines is 1. The Bertz CT molecular complexity index is 744. The number of hydrogen-bond acceptors (Lipinski definition) is 4. The van der Waals surface area contributed by atoms with Crippen LogP contribution in [0.15, 0.2) is 42.7 Å². The number of rotatable bonds is 7. The minimum Gasteiger partial charge on any atom is -0.489 e. The summed E-state index contributed by atoms with van der Waals surface area (Å²) in [7, 11) is 0. The van der Waals surface area contributed by atoms with Crippen molar-refractivity contribution in [2.24, 2.45) is 0 Å². The lowest BCUT2D eigenvalue weighted by Crippen LogP contribution is -2.24. The molecule has 0 saturated carbocycles. The fraction of sp³-hybridized carbons (Fsp3) is 0.316. The second kappa shape index (κ2) is 8.82.